The van der Waals surface area contributed by atoms with Crippen molar-refractivity contribution in [1.82, 2.24) is 0 Å². The molecule has 1 aliphatic carbocycles. The summed E-state index contributed by atoms with van der Waals surface area (Å²) in [7, 11) is 0. The SMILES string of the molecule is CC(N)(Cc1ccc(Br)s1)c1ccc2c(c1)CCCC2. The van der Waals surface area contributed by atoms with Gasteiger partial charge in [-0.1, -0.05) is 18.2 Å². The number of fused-ring (bicyclic) bond motifs is 1. The van der Waals surface area contributed by atoms with Gasteiger partial charge in [0.15, 0.2) is 0 Å². The van der Waals surface area contributed by atoms with Gasteiger partial charge >= 0.3 is 0 Å². The highest BCUT2D eigenvalue weighted by Gasteiger charge is 2.24. The van der Waals surface area contributed by atoms with Gasteiger partial charge in [-0.2, -0.15) is 0 Å². The molecular weight excluding hydrogens is 330 g/mol. The van der Waals surface area contributed by atoms with Crippen LogP contribution in [0.4, 0.5) is 0 Å². The Morgan fingerprint density at radius 3 is 2.60 bits per heavy atom. The zero-order valence-electron chi connectivity index (χ0n) is 11.8. The Morgan fingerprint density at radius 1 is 1.15 bits per heavy atom. The Morgan fingerprint density at radius 2 is 1.90 bits per heavy atom. The van der Waals surface area contributed by atoms with Crippen molar-refractivity contribution in [2.75, 3.05) is 0 Å². The molecule has 1 aliphatic rings. The van der Waals surface area contributed by atoms with Crippen molar-refractivity contribution in [3.05, 3.63) is 55.7 Å². The fourth-order valence-corrected chi connectivity index (χ4v) is 4.65. The summed E-state index contributed by atoms with van der Waals surface area (Å²) in [4.78, 5) is 1.33. The van der Waals surface area contributed by atoms with Gasteiger partial charge in [0, 0.05) is 16.8 Å². The van der Waals surface area contributed by atoms with Crippen LogP contribution in [0.2, 0.25) is 0 Å². The van der Waals surface area contributed by atoms with E-state index in [2.05, 4.69) is 53.2 Å². The monoisotopic (exact) mass is 349 g/mol. The molecule has 3 heteroatoms. The second-order valence-corrected chi connectivity index (χ2v) is 8.54. The summed E-state index contributed by atoms with van der Waals surface area (Å²) in [6.45, 7) is 2.14. The third-order valence-corrected chi connectivity index (χ3v) is 5.80. The van der Waals surface area contributed by atoms with E-state index in [1.165, 1.54) is 51.0 Å². The van der Waals surface area contributed by atoms with Gasteiger partial charge in [0.2, 0.25) is 0 Å². The molecule has 0 aliphatic heterocycles. The van der Waals surface area contributed by atoms with E-state index in [0.29, 0.717) is 0 Å². The van der Waals surface area contributed by atoms with Crippen molar-refractivity contribution < 1.29 is 0 Å². The van der Waals surface area contributed by atoms with Crippen LogP contribution in [0.25, 0.3) is 0 Å². The lowest BCUT2D eigenvalue weighted by atomic mass is 9.83. The van der Waals surface area contributed by atoms with E-state index < -0.39 is 0 Å². The Kier molecular flexibility index (Phi) is 4.02. The molecule has 1 nitrogen and oxygen atoms in total. The third-order valence-electron chi connectivity index (χ3n) is 4.18. The van der Waals surface area contributed by atoms with Gasteiger partial charge < -0.3 is 5.73 Å². The summed E-state index contributed by atoms with van der Waals surface area (Å²) >= 11 is 5.30. The smallest absolute Gasteiger partial charge is 0.0701 e. The highest BCUT2D eigenvalue weighted by Crippen LogP contribution is 2.31. The molecular formula is C17H20BrNS. The minimum Gasteiger partial charge on any atom is -0.321 e. The lowest BCUT2D eigenvalue weighted by molar-refractivity contribution is 0.494. The zero-order chi connectivity index (χ0) is 14.2. The number of benzene rings is 1. The average molecular weight is 350 g/mol. The van der Waals surface area contributed by atoms with Crippen LogP contribution in [0.1, 0.15) is 41.3 Å². The number of hydrogen-bond acceptors (Lipinski definition) is 2. The second kappa shape index (κ2) is 5.63. The van der Waals surface area contributed by atoms with Crippen LogP contribution in [-0.2, 0) is 24.8 Å². The van der Waals surface area contributed by atoms with Crippen molar-refractivity contribution in [1.29, 1.82) is 0 Å². The molecule has 3 rings (SSSR count). The predicted octanol–water partition coefficient (Wildman–Crippen LogP) is 4.81. The van der Waals surface area contributed by atoms with E-state index in [4.69, 9.17) is 5.73 Å². The maximum absolute atomic E-state index is 6.60. The third kappa shape index (κ3) is 3.00. The van der Waals surface area contributed by atoms with E-state index in [-0.39, 0.29) is 5.54 Å². The largest absolute Gasteiger partial charge is 0.321 e. The zero-order valence-corrected chi connectivity index (χ0v) is 14.2. The summed E-state index contributed by atoms with van der Waals surface area (Å²) in [5, 5.41) is 0. The van der Waals surface area contributed by atoms with Crippen molar-refractivity contribution in [2.45, 2.75) is 44.6 Å². The van der Waals surface area contributed by atoms with E-state index in [1.807, 2.05) is 0 Å². The van der Waals surface area contributed by atoms with Gasteiger partial charge in [-0.15, -0.1) is 11.3 Å². The minimum absolute atomic E-state index is 0.295. The van der Waals surface area contributed by atoms with E-state index in [1.54, 1.807) is 11.3 Å². The maximum Gasteiger partial charge on any atom is 0.0701 e. The molecule has 0 saturated heterocycles. The number of nitrogens with two attached hydrogens (primary N) is 1. The quantitative estimate of drug-likeness (QED) is 0.845. The number of rotatable bonds is 3. The number of thiophene rings is 1. The molecule has 0 bridgehead atoms. The number of hydrogen-bond donors (Lipinski definition) is 1. The standard InChI is InChI=1S/C17H20BrNS/c1-17(19,11-15-8-9-16(18)20-15)14-7-6-12-4-2-3-5-13(12)10-14/h6-10H,2-5,11,19H2,1H3. The summed E-state index contributed by atoms with van der Waals surface area (Å²) in [6.07, 6.45) is 5.98. The van der Waals surface area contributed by atoms with Crippen molar-refractivity contribution in [3.63, 3.8) is 0 Å². The highest BCUT2D eigenvalue weighted by molar-refractivity contribution is 9.11. The molecule has 2 aromatic rings. The fourth-order valence-electron chi connectivity index (χ4n) is 3.00. The van der Waals surface area contributed by atoms with Crippen LogP contribution in [0.15, 0.2) is 34.1 Å². The fraction of sp³-hybridized carbons (Fsp3) is 0.412. The Balaban J connectivity index is 1.86. The lowest BCUT2D eigenvalue weighted by Crippen LogP contribution is -2.35. The molecule has 0 spiro atoms. The average Bonchev–Trinajstić information content (AvgIpc) is 2.83. The minimum atomic E-state index is -0.295. The van der Waals surface area contributed by atoms with Crippen LogP contribution >= 0.6 is 27.3 Å². The van der Waals surface area contributed by atoms with Crippen LogP contribution in [0.5, 0.6) is 0 Å². The molecule has 1 atom stereocenters. The molecule has 1 aromatic heterocycles. The maximum atomic E-state index is 6.60. The first kappa shape index (κ1) is 14.3. The van der Waals surface area contributed by atoms with E-state index >= 15 is 0 Å². The molecule has 0 fully saturated rings. The summed E-state index contributed by atoms with van der Waals surface area (Å²) < 4.78 is 1.17. The summed E-state index contributed by atoms with van der Waals surface area (Å²) in [6, 6.07) is 11.1. The van der Waals surface area contributed by atoms with Crippen LogP contribution in [0, 0.1) is 0 Å². The Hall–Kier alpha value is -0.640. The van der Waals surface area contributed by atoms with Gasteiger partial charge in [-0.25, -0.2) is 0 Å². The first-order valence-corrected chi connectivity index (χ1v) is 8.81. The van der Waals surface area contributed by atoms with Gasteiger partial charge in [-0.3, -0.25) is 0 Å². The second-order valence-electron chi connectivity index (χ2n) is 5.99. The number of aryl methyl sites for hydroxylation is 2. The highest BCUT2D eigenvalue weighted by atomic mass is 79.9. The molecule has 2 N–H and O–H groups in total. The first-order chi connectivity index (χ1) is 9.54. The summed E-state index contributed by atoms with van der Waals surface area (Å²) in [5.74, 6) is 0. The molecule has 0 saturated carbocycles. The number of halogens is 1. The van der Waals surface area contributed by atoms with E-state index in [0.717, 1.165) is 6.42 Å². The topological polar surface area (TPSA) is 26.0 Å². The molecule has 1 unspecified atom stereocenters. The van der Waals surface area contributed by atoms with Crippen molar-refractivity contribution >= 4 is 27.3 Å². The van der Waals surface area contributed by atoms with Crippen molar-refractivity contribution in [2.24, 2.45) is 5.73 Å². The molecule has 0 radical (unpaired) electrons. The molecule has 1 heterocycles. The van der Waals surface area contributed by atoms with Gasteiger partial charge in [0.25, 0.3) is 0 Å². The predicted molar refractivity (Wildman–Crippen MR) is 90.3 cm³/mol. The van der Waals surface area contributed by atoms with Crippen LogP contribution in [0.3, 0.4) is 0 Å². The first-order valence-electron chi connectivity index (χ1n) is 7.20. The Labute approximate surface area is 133 Å². The molecule has 106 valence electrons. The summed E-state index contributed by atoms with van der Waals surface area (Å²) in [5.41, 5.74) is 10.6. The van der Waals surface area contributed by atoms with Gasteiger partial charge in [0.1, 0.15) is 0 Å². The Bertz CT molecular complexity index is 615. The van der Waals surface area contributed by atoms with Gasteiger partial charge in [0.05, 0.1) is 3.79 Å². The van der Waals surface area contributed by atoms with Crippen LogP contribution in [-0.4, -0.2) is 0 Å². The molecule has 1 aromatic carbocycles. The molecule has 0 amide bonds. The van der Waals surface area contributed by atoms with Crippen molar-refractivity contribution in [3.8, 4) is 0 Å². The molecule has 20 heavy (non-hydrogen) atoms. The lowest BCUT2D eigenvalue weighted by Gasteiger charge is -2.27. The normalized spacial score (nSPS) is 17.6. The van der Waals surface area contributed by atoms with Crippen LogP contribution < -0.4 is 5.73 Å². The van der Waals surface area contributed by atoms with Gasteiger partial charge in [-0.05, 0) is 77.4 Å². The van der Waals surface area contributed by atoms with E-state index in [9.17, 15) is 0 Å².